The Balaban J connectivity index is 1.94. The SMILES string of the molecule is CCN(CC)[C@@H](CNC(=O)Cn1ccnn1)c1ccsc1. The quantitative estimate of drug-likeness (QED) is 0.803. The summed E-state index contributed by atoms with van der Waals surface area (Å²) in [7, 11) is 0. The summed E-state index contributed by atoms with van der Waals surface area (Å²) in [4.78, 5) is 14.3. The van der Waals surface area contributed by atoms with Crippen molar-refractivity contribution in [3.63, 3.8) is 0 Å². The molecule has 7 heteroatoms. The minimum Gasteiger partial charge on any atom is -0.353 e. The van der Waals surface area contributed by atoms with E-state index in [-0.39, 0.29) is 18.5 Å². The maximum atomic E-state index is 12.0. The fraction of sp³-hybridized carbons (Fsp3) is 0.500. The van der Waals surface area contributed by atoms with Gasteiger partial charge in [-0.25, -0.2) is 4.68 Å². The second kappa shape index (κ2) is 7.90. The average Bonchev–Trinajstić information content (AvgIpc) is 3.16. The molecular formula is C14H21N5OS. The van der Waals surface area contributed by atoms with Crippen LogP contribution in [-0.2, 0) is 11.3 Å². The number of hydrogen-bond donors (Lipinski definition) is 1. The molecule has 0 bridgehead atoms. The van der Waals surface area contributed by atoms with Gasteiger partial charge in [-0.15, -0.1) is 5.10 Å². The molecule has 0 unspecified atom stereocenters. The molecule has 2 heterocycles. The van der Waals surface area contributed by atoms with Crippen molar-refractivity contribution < 1.29 is 4.79 Å². The number of nitrogens with one attached hydrogen (secondary N) is 1. The van der Waals surface area contributed by atoms with E-state index in [0.717, 1.165) is 13.1 Å². The average molecular weight is 307 g/mol. The molecule has 0 spiro atoms. The molecule has 0 aromatic carbocycles. The van der Waals surface area contributed by atoms with Crippen LogP contribution >= 0.6 is 11.3 Å². The molecule has 1 amide bonds. The van der Waals surface area contributed by atoms with Gasteiger partial charge in [0.15, 0.2) is 0 Å². The lowest BCUT2D eigenvalue weighted by molar-refractivity contribution is -0.122. The van der Waals surface area contributed by atoms with Crippen LogP contribution in [0.4, 0.5) is 0 Å². The molecule has 2 aromatic heterocycles. The van der Waals surface area contributed by atoms with E-state index in [2.05, 4.69) is 51.2 Å². The lowest BCUT2D eigenvalue weighted by Gasteiger charge is -2.29. The van der Waals surface area contributed by atoms with Gasteiger partial charge in [0.05, 0.1) is 12.2 Å². The summed E-state index contributed by atoms with van der Waals surface area (Å²) in [5.41, 5.74) is 1.25. The summed E-state index contributed by atoms with van der Waals surface area (Å²) in [6.45, 7) is 6.99. The third-order valence-corrected chi connectivity index (χ3v) is 4.15. The number of hydrogen-bond acceptors (Lipinski definition) is 5. The first-order valence-electron chi connectivity index (χ1n) is 7.11. The Kier molecular flexibility index (Phi) is 5.89. The van der Waals surface area contributed by atoms with E-state index in [9.17, 15) is 4.79 Å². The highest BCUT2D eigenvalue weighted by atomic mass is 32.1. The molecule has 2 rings (SSSR count). The zero-order chi connectivity index (χ0) is 15.1. The number of carbonyl (C=O) groups is 1. The summed E-state index contributed by atoms with van der Waals surface area (Å²) < 4.78 is 1.52. The van der Waals surface area contributed by atoms with Gasteiger partial charge in [-0.05, 0) is 35.5 Å². The second-order valence-corrected chi connectivity index (χ2v) is 5.48. The normalized spacial score (nSPS) is 12.5. The van der Waals surface area contributed by atoms with Gasteiger partial charge in [-0.3, -0.25) is 9.69 Å². The van der Waals surface area contributed by atoms with E-state index in [0.29, 0.717) is 6.54 Å². The van der Waals surface area contributed by atoms with Gasteiger partial charge in [0.1, 0.15) is 6.54 Å². The van der Waals surface area contributed by atoms with Crippen LogP contribution in [-0.4, -0.2) is 45.4 Å². The Labute approximate surface area is 128 Å². The maximum absolute atomic E-state index is 12.0. The van der Waals surface area contributed by atoms with Gasteiger partial charge in [0, 0.05) is 12.7 Å². The molecule has 1 N–H and O–H groups in total. The minimum absolute atomic E-state index is 0.0483. The standard InChI is InChI=1S/C14H21N5OS/c1-3-18(4-2)13(12-5-8-21-11-12)9-15-14(20)10-19-7-6-16-17-19/h5-8,11,13H,3-4,9-10H2,1-2H3,(H,15,20)/t13-/m0/s1. The Morgan fingerprint density at radius 1 is 1.48 bits per heavy atom. The van der Waals surface area contributed by atoms with E-state index in [1.807, 2.05) is 0 Å². The van der Waals surface area contributed by atoms with Crippen LogP contribution in [0.1, 0.15) is 25.5 Å². The molecule has 1 atom stereocenters. The van der Waals surface area contributed by atoms with Gasteiger partial charge in [-0.1, -0.05) is 19.1 Å². The largest absolute Gasteiger partial charge is 0.353 e. The predicted molar refractivity (Wildman–Crippen MR) is 83.0 cm³/mol. The summed E-state index contributed by atoms with van der Waals surface area (Å²) >= 11 is 1.68. The Morgan fingerprint density at radius 2 is 2.29 bits per heavy atom. The molecular weight excluding hydrogens is 286 g/mol. The number of aromatic nitrogens is 3. The molecule has 0 radical (unpaired) electrons. The molecule has 0 aliphatic heterocycles. The van der Waals surface area contributed by atoms with E-state index in [1.165, 1.54) is 10.2 Å². The molecule has 0 saturated carbocycles. The molecule has 6 nitrogen and oxygen atoms in total. The van der Waals surface area contributed by atoms with Crippen molar-refractivity contribution in [3.05, 3.63) is 34.8 Å². The first kappa shape index (κ1) is 15.7. The van der Waals surface area contributed by atoms with Gasteiger partial charge in [0.2, 0.25) is 5.91 Å². The highest BCUT2D eigenvalue weighted by molar-refractivity contribution is 7.07. The highest BCUT2D eigenvalue weighted by Gasteiger charge is 2.19. The minimum atomic E-state index is -0.0483. The smallest absolute Gasteiger partial charge is 0.241 e. The summed E-state index contributed by atoms with van der Waals surface area (Å²) in [6.07, 6.45) is 3.25. The zero-order valence-electron chi connectivity index (χ0n) is 12.4. The summed E-state index contributed by atoms with van der Waals surface area (Å²) in [6, 6.07) is 2.34. The number of rotatable bonds is 8. The number of nitrogens with zero attached hydrogens (tertiary/aromatic N) is 4. The Hall–Kier alpha value is -1.73. The Morgan fingerprint density at radius 3 is 2.86 bits per heavy atom. The number of likely N-dealkylation sites (N-methyl/N-ethyl adjacent to an activating group) is 1. The van der Waals surface area contributed by atoms with Crippen molar-refractivity contribution in [2.45, 2.75) is 26.4 Å². The molecule has 0 aliphatic rings. The van der Waals surface area contributed by atoms with Crippen LogP contribution in [0.3, 0.4) is 0 Å². The van der Waals surface area contributed by atoms with Crippen molar-refractivity contribution in [1.82, 2.24) is 25.2 Å². The van der Waals surface area contributed by atoms with E-state index >= 15 is 0 Å². The number of thiophene rings is 1. The first-order valence-corrected chi connectivity index (χ1v) is 8.05. The molecule has 2 aromatic rings. The van der Waals surface area contributed by atoms with Crippen LogP contribution in [0.15, 0.2) is 29.2 Å². The van der Waals surface area contributed by atoms with Crippen molar-refractivity contribution in [3.8, 4) is 0 Å². The summed E-state index contributed by atoms with van der Waals surface area (Å²) in [5, 5.41) is 14.7. The lowest BCUT2D eigenvalue weighted by atomic mass is 10.1. The topological polar surface area (TPSA) is 63.1 Å². The molecule has 0 aliphatic carbocycles. The Bertz CT molecular complexity index is 522. The van der Waals surface area contributed by atoms with Crippen LogP contribution in [0, 0.1) is 0 Å². The molecule has 114 valence electrons. The van der Waals surface area contributed by atoms with Gasteiger partial charge in [0.25, 0.3) is 0 Å². The van der Waals surface area contributed by atoms with E-state index in [1.54, 1.807) is 23.7 Å². The predicted octanol–water partition coefficient (Wildman–Crippen LogP) is 1.54. The fourth-order valence-electron chi connectivity index (χ4n) is 2.32. The lowest BCUT2D eigenvalue weighted by Crippen LogP contribution is -2.39. The van der Waals surface area contributed by atoms with Crippen LogP contribution in [0.5, 0.6) is 0 Å². The maximum Gasteiger partial charge on any atom is 0.241 e. The first-order chi connectivity index (χ1) is 10.2. The van der Waals surface area contributed by atoms with Crippen molar-refractivity contribution in [2.24, 2.45) is 0 Å². The molecule has 0 fully saturated rings. The molecule has 0 saturated heterocycles. The van der Waals surface area contributed by atoms with E-state index < -0.39 is 0 Å². The second-order valence-electron chi connectivity index (χ2n) is 4.70. The van der Waals surface area contributed by atoms with Crippen molar-refractivity contribution >= 4 is 17.2 Å². The van der Waals surface area contributed by atoms with Crippen LogP contribution < -0.4 is 5.32 Å². The van der Waals surface area contributed by atoms with Crippen LogP contribution in [0.25, 0.3) is 0 Å². The van der Waals surface area contributed by atoms with Crippen LogP contribution in [0.2, 0.25) is 0 Å². The van der Waals surface area contributed by atoms with Crippen molar-refractivity contribution in [2.75, 3.05) is 19.6 Å². The number of amides is 1. The fourth-order valence-corrected chi connectivity index (χ4v) is 3.02. The third-order valence-electron chi connectivity index (χ3n) is 3.45. The number of carbonyl (C=O) groups excluding carboxylic acids is 1. The van der Waals surface area contributed by atoms with Gasteiger partial charge < -0.3 is 5.32 Å². The monoisotopic (exact) mass is 307 g/mol. The zero-order valence-corrected chi connectivity index (χ0v) is 13.2. The molecule has 21 heavy (non-hydrogen) atoms. The highest BCUT2D eigenvalue weighted by Crippen LogP contribution is 2.22. The van der Waals surface area contributed by atoms with Crippen molar-refractivity contribution in [1.29, 1.82) is 0 Å². The van der Waals surface area contributed by atoms with Gasteiger partial charge in [-0.2, -0.15) is 11.3 Å². The summed E-state index contributed by atoms with van der Waals surface area (Å²) in [5.74, 6) is -0.0483. The van der Waals surface area contributed by atoms with Gasteiger partial charge >= 0.3 is 0 Å². The van der Waals surface area contributed by atoms with E-state index in [4.69, 9.17) is 0 Å². The third kappa shape index (κ3) is 4.37.